The highest BCUT2D eigenvalue weighted by molar-refractivity contribution is 7.13. The van der Waals surface area contributed by atoms with E-state index in [0.29, 0.717) is 18.3 Å². The molecule has 1 saturated heterocycles. The minimum absolute atomic E-state index is 0.183. The lowest BCUT2D eigenvalue weighted by Gasteiger charge is -2.35. The molecule has 8 heteroatoms. The van der Waals surface area contributed by atoms with Crippen LogP contribution >= 0.6 is 11.3 Å². The summed E-state index contributed by atoms with van der Waals surface area (Å²) in [6, 6.07) is 6.10. The molecule has 25 heavy (non-hydrogen) atoms. The first-order chi connectivity index (χ1) is 12.1. The number of nitrogens with two attached hydrogens (primary N) is 1. The average molecular weight is 363 g/mol. The zero-order valence-corrected chi connectivity index (χ0v) is 15.0. The molecular formula is C17H22FN5OS. The van der Waals surface area contributed by atoms with Gasteiger partial charge in [0.05, 0.1) is 6.54 Å². The molecule has 1 aromatic heterocycles. The molecule has 2 aromatic rings. The molecule has 0 aliphatic carbocycles. The van der Waals surface area contributed by atoms with E-state index in [1.165, 1.54) is 12.1 Å². The molecular weight excluding hydrogens is 341 g/mol. The highest BCUT2D eigenvalue weighted by Gasteiger charge is 2.20. The Balaban J connectivity index is 1.47. The van der Waals surface area contributed by atoms with Crippen LogP contribution < -0.4 is 15.4 Å². The number of benzene rings is 1. The maximum atomic E-state index is 13.2. The predicted molar refractivity (Wildman–Crippen MR) is 98.9 cm³/mol. The Morgan fingerprint density at radius 2 is 2.20 bits per heavy atom. The number of anilines is 1. The van der Waals surface area contributed by atoms with E-state index in [0.717, 1.165) is 31.3 Å². The molecule has 6 nitrogen and oxygen atoms in total. The molecule has 1 unspecified atom stereocenters. The number of aromatic nitrogens is 1. The van der Waals surface area contributed by atoms with Crippen molar-refractivity contribution < 1.29 is 9.13 Å². The Morgan fingerprint density at radius 1 is 1.40 bits per heavy atom. The highest BCUT2D eigenvalue weighted by Crippen LogP contribution is 2.19. The molecule has 1 aliphatic rings. The van der Waals surface area contributed by atoms with Gasteiger partial charge in [-0.15, -0.1) is 11.3 Å². The molecule has 1 fully saturated rings. The lowest BCUT2D eigenvalue weighted by Crippen LogP contribution is -2.51. The molecule has 1 aliphatic heterocycles. The second kappa shape index (κ2) is 8.15. The Morgan fingerprint density at radius 3 is 2.88 bits per heavy atom. The number of halogens is 1. The number of hydrogen-bond donors (Lipinski definition) is 1. The SMILES string of the molecule is CC(CN=C(N)N1CCN(c2nccs2)CC1)Oc1cccc(F)c1. The van der Waals surface area contributed by atoms with E-state index < -0.39 is 0 Å². The van der Waals surface area contributed by atoms with E-state index in [2.05, 4.69) is 19.8 Å². The monoisotopic (exact) mass is 363 g/mol. The van der Waals surface area contributed by atoms with Crippen LogP contribution in [0.15, 0.2) is 40.8 Å². The van der Waals surface area contributed by atoms with Crippen molar-refractivity contribution in [2.45, 2.75) is 13.0 Å². The van der Waals surface area contributed by atoms with E-state index in [9.17, 15) is 4.39 Å². The van der Waals surface area contributed by atoms with Gasteiger partial charge in [-0.05, 0) is 19.1 Å². The van der Waals surface area contributed by atoms with Gasteiger partial charge in [0.1, 0.15) is 17.7 Å². The van der Waals surface area contributed by atoms with Gasteiger partial charge in [-0.25, -0.2) is 14.4 Å². The molecule has 1 aromatic carbocycles. The smallest absolute Gasteiger partial charge is 0.191 e. The van der Waals surface area contributed by atoms with Gasteiger partial charge in [0.25, 0.3) is 0 Å². The van der Waals surface area contributed by atoms with Crippen LogP contribution in [0.25, 0.3) is 0 Å². The quantitative estimate of drug-likeness (QED) is 0.652. The summed E-state index contributed by atoms with van der Waals surface area (Å²) in [7, 11) is 0. The van der Waals surface area contributed by atoms with Gasteiger partial charge in [-0.1, -0.05) is 6.07 Å². The van der Waals surface area contributed by atoms with Crippen LogP contribution in [0, 0.1) is 5.82 Å². The van der Waals surface area contributed by atoms with Crippen molar-refractivity contribution in [1.29, 1.82) is 0 Å². The number of guanidine groups is 1. The van der Waals surface area contributed by atoms with Crippen LogP contribution in [0.1, 0.15) is 6.92 Å². The third-order valence-electron chi connectivity index (χ3n) is 3.94. The summed E-state index contributed by atoms with van der Waals surface area (Å²) in [4.78, 5) is 13.1. The number of hydrogen-bond acceptors (Lipinski definition) is 5. The number of nitrogens with zero attached hydrogens (tertiary/aromatic N) is 4. The molecule has 2 N–H and O–H groups in total. The van der Waals surface area contributed by atoms with Crippen LogP contribution in [0.4, 0.5) is 9.52 Å². The van der Waals surface area contributed by atoms with Crippen LogP contribution in [0.5, 0.6) is 5.75 Å². The van der Waals surface area contributed by atoms with E-state index >= 15 is 0 Å². The third-order valence-corrected chi connectivity index (χ3v) is 4.77. The summed E-state index contributed by atoms with van der Waals surface area (Å²) in [6.45, 7) is 5.69. The van der Waals surface area contributed by atoms with Gasteiger partial charge in [0.2, 0.25) is 0 Å². The maximum absolute atomic E-state index is 13.2. The average Bonchev–Trinajstić information content (AvgIpc) is 3.14. The van der Waals surface area contributed by atoms with Gasteiger partial charge < -0.3 is 20.3 Å². The molecule has 1 atom stereocenters. The first-order valence-electron chi connectivity index (χ1n) is 8.23. The molecule has 3 rings (SSSR count). The van der Waals surface area contributed by atoms with Crippen molar-refractivity contribution in [3.63, 3.8) is 0 Å². The second-order valence-corrected chi connectivity index (χ2v) is 6.75. The molecule has 134 valence electrons. The van der Waals surface area contributed by atoms with E-state index in [-0.39, 0.29) is 11.9 Å². The number of aliphatic imine (C=N–C) groups is 1. The Bertz CT molecular complexity index is 701. The van der Waals surface area contributed by atoms with Crippen LogP contribution in [0.2, 0.25) is 0 Å². The summed E-state index contributed by atoms with van der Waals surface area (Å²) >= 11 is 1.65. The van der Waals surface area contributed by atoms with Crippen molar-refractivity contribution in [2.75, 3.05) is 37.6 Å². The lowest BCUT2D eigenvalue weighted by molar-refractivity contribution is 0.228. The minimum Gasteiger partial charge on any atom is -0.489 e. The Hall–Kier alpha value is -2.35. The molecule has 0 radical (unpaired) electrons. The van der Waals surface area contributed by atoms with Crippen molar-refractivity contribution in [3.05, 3.63) is 41.7 Å². The van der Waals surface area contributed by atoms with E-state index in [1.807, 2.05) is 18.5 Å². The van der Waals surface area contributed by atoms with E-state index in [4.69, 9.17) is 10.5 Å². The summed E-state index contributed by atoms with van der Waals surface area (Å²) in [5.41, 5.74) is 6.11. The molecule has 0 bridgehead atoms. The van der Waals surface area contributed by atoms with Gasteiger partial charge >= 0.3 is 0 Å². The number of thiazole rings is 1. The number of piperazine rings is 1. The summed E-state index contributed by atoms with van der Waals surface area (Å²) in [5.74, 6) is 0.706. The summed E-state index contributed by atoms with van der Waals surface area (Å²) in [6.07, 6.45) is 1.64. The summed E-state index contributed by atoms with van der Waals surface area (Å²) < 4.78 is 18.8. The topological polar surface area (TPSA) is 67.0 Å². The second-order valence-electron chi connectivity index (χ2n) is 5.87. The predicted octanol–water partition coefficient (Wildman–Crippen LogP) is 2.19. The molecule has 2 heterocycles. The van der Waals surface area contributed by atoms with Gasteiger partial charge in [0, 0.05) is 43.8 Å². The third kappa shape index (κ3) is 4.82. The highest BCUT2D eigenvalue weighted by atomic mass is 32.1. The van der Waals surface area contributed by atoms with Crippen molar-refractivity contribution in [1.82, 2.24) is 9.88 Å². The number of ether oxygens (including phenoxy) is 1. The van der Waals surface area contributed by atoms with Crippen molar-refractivity contribution >= 4 is 22.4 Å². The largest absolute Gasteiger partial charge is 0.489 e. The standard InChI is InChI=1S/C17H22FN5OS/c1-13(24-15-4-2-3-14(18)11-15)12-21-16(19)22-6-8-23(9-7-22)17-20-5-10-25-17/h2-5,10-11,13H,6-9,12H2,1H3,(H2,19,21). The fourth-order valence-corrected chi connectivity index (χ4v) is 3.33. The molecule has 0 amide bonds. The molecule has 0 spiro atoms. The van der Waals surface area contributed by atoms with Crippen LogP contribution in [-0.4, -0.2) is 54.7 Å². The Labute approximate surface area is 150 Å². The Kier molecular flexibility index (Phi) is 5.70. The lowest BCUT2D eigenvalue weighted by atomic mass is 10.3. The zero-order chi connectivity index (χ0) is 17.6. The van der Waals surface area contributed by atoms with Gasteiger partial charge in [-0.2, -0.15) is 0 Å². The van der Waals surface area contributed by atoms with Crippen LogP contribution in [-0.2, 0) is 0 Å². The minimum atomic E-state index is -0.314. The summed E-state index contributed by atoms with van der Waals surface area (Å²) in [5, 5.41) is 3.03. The zero-order valence-electron chi connectivity index (χ0n) is 14.1. The normalized spacial score (nSPS) is 16.8. The first kappa shape index (κ1) is 17.5. The van der Waals surface area contributed by atoms with Crippen molar-refractivity contribution in [3.8, 4) is 5.75 Å². The van der Waals surface area contributed by atoms with E-state index in [1.54, 1.807) is 23.5 Å². The first-order valence-corrected chi connectivity index (χ1v) is 9.11. The molecule has 0 saturated carbocycles. The van der Waals surface area contributed by atoms with Crippen LogP contribution in [0.3, 0.4) is 0 Å². The number of rotatable bonds is 5. The van der Waals surface area contributed by atoms with Crippen molar-refractivity contribution in [2.24, 2.45) is 10.7 Å². The fourth-order valence-electron chi connectivity index (χ4n) is 2.63. The van der Waals surface area contributed by atoms with Gasteiger partial charge in [0.15, 0.2) is 11.1 Å². The maximum Gasteiger partial charge on any atom is 0.191 e. The fraction of sp³-hybridized carbons (Fsp3) is 0.412. The van der Waals surface area contributed by atoms with Gasteiger partial charge in [-0.3, -0.25) is 0 Å².